The minimum Gasteiger partial charge on any atom is -0.486 e. The number of rotatable bonds is 4. The van der Waals surface area contributed by atoms with Crippen LogP contribution in [0.25, 0.3) is 0 Å². The molecule has 25 heavy (non-hydrogen) atoms. The van der Waals surface area contributed by atoms with E-state index in [4.69, 9.17) is 21.1 Å². The molecule has 0 aliphatic carbocycles. The van der Waals surface area contributed by atoms with Gasteiger partial charge in [0.2, 0.25) is 5.91 Å². The monoisotopic (exact) mass is 362 g/mol. The Morgan fingerprint density at radius 1 is 1.28 bits per heavy atom. The van der Waals surface area contributed by atoms with Crippen LogP contribution >= 0.6 is 11.6 Å². The highest BCUT2D eigenvalue weighted by atomic mass is 35.5. The van der Waals surface area contributed by atoms with Crippen molar-refractivity contribution in [1.29, 1.82) is 0 Å². The Morgan fingerprint density at radius 2 is 2.04 bits per heavy atom. The highest BCUT2D eigenvalue weighted by Gasteiger charge is 2.18. The van der Waals surface area contributed by atoms with Gasteiger partial charge in [-0.15, -0.1) is 0 Å². The fraction of sp³-hybridized carbons (Fsp3) is 0.235. The van der Waals surface area contributed by atoms with E-state index in [1.165, 1.54) is 18.2 Å². The third kappa shape index (κ3) is 3.83. The minimum absolute atomic E-state index is 0.0193. The Bertz CT molecular complexity index is 853. The van der Waals surface area contributed by atoms with Crippen molar-refractivity contribution in [2.24, 2.45) is 0 Å². The summed E-state index contributed by atoms with van der Waals surface area (Å²) >= 11 is 6.16. The predicted octanol–water partition coefficient (Wildman–Crippen LogP) is 3.51. The normalized spacial score (nSPS) is 12.6. The highest BCUT2D eigenvalue weighted by molar-refractivity contribution is 6.32. The van der Waals surface area contributed by atoms with Gasteiger partial charge >= 0.3 is 0 Å². The second kappa shape index (κ2) is 6.98. The van der Waals surface area contributed by atoms with Crippen LogP contribution in [0.2, 0.25) is 5.02 Å². The number of nitrogens with zero attached hydrogens (tertiary/aromatic N) is 1. The van der Waals surface area contributed by atoms with Crippen molar-refractivity contribution in [2.45, 2.75) is 13.3 Å². The summed E-state index contributed by atoms with van der Waals surface area (Å²) in [6.45, 7) is 2.57. The van der Waals surface area contributed by atoms with Crippen molar-refractivity contribution in [3.8, 4) is 11.5 Å². The molecule has 0 radical (unpaired) electrons. The summed E-state index contributed by atoms with van der Waals surface area (Å²) in [4.78, 5) is 22.6. The lowest BCUT2D eigenvalue weighted by atomic mass is 10.1. The SMILES string of the molecule is Cc1cc([N+](=O)[O-])ccc1NC(=O)Cc1cc(Cl)c2c(c1)OCCO2. The van der Waals surface area contributed by atoms with Crippen LogP contribution in [0.15, 0.2) is 30.3 Å². The number of carbonyl (C=O) groups is 1. The van der Waals surface area contributed by atoms with Crippen LogP contribution in [-0.2, 0) is 11.2 Å². The van der Waals surface area contributed by atoms with E-state index >= 15 is 0 Å². The van der Waals surface area contributed by atoms with Crippen LogP contribution in [0.4, 0.5) is 11.4 Å². The first kappa shape index (κ1) is 17.0. The number of non-ortho nitro benzene ring substituents is 1. The van der Waals surface area contributed by atoms with Gasteiger partial charge in [-0.2, -0.15) is 0 Å². The molecule has 0 atom stereocenters. The van der Waals surface area contributed by atoms with Crippen LogP contribution in [0.3, 0.4) is 0 Å². The fourth-order valence-corrected chi connectivity index (χ4v) is 2.84. The van der Waals surface area contributed by atoms with E-state index in [-0.39, 0.29) is 18.0 Å². The number of nitro benzene ring substituents is 1. The number of nitrogens with one attached hydrogen (secondary N) is 1. The zero-order valence-corrected chi connectivity index (χ0v) is 14.1. The van der Waals surface area contributed by atoms with Crippen LogP contribution in [0, 0.1) is 17.0 Å². The fourth-order valence-electron chi connectivity index (χ4n) is 2.55. The molecule has 1 heterocycles. The summed E-state index contributed by atoms with van der Waals surface area (Å²) in [6, 6.07) is 7.67. The van der Waals surface area contributed by atoms with E-state index in [0.717, 1.165) is 0 Å². The first-order valence-corrected chi connectivity index (χ1v) is 7.95. The van der Waals surface area contributed by atoms with Gasteiger partial charge in [0.1, 0.15) is 13.2 Å². The van der Waals surface area contributed by atoms with Crippen molar-refractivity contribution in [2.75, 3.05) is 18.5 Å². The molecule has 7 nitrogen and oxygen atoms in total. The van der Waals surface area contributed by atoms with Crippen molar-refractivity contribution >= 4 is 28.9 Å². The third-order valence-electron chi connectivity index (χ3n) is 3.72. The van der Waals surface area contributed by atoms with E-state index in [0.29, 0.717) is 46.5 Å². The lowest BCUT2D eigenvalue weighted by Gasteiger charge is -2.20. The summed E-state index contributed by atoms with van der Waals surface area (Å²) in [6.07, 6.45) is 0.0901. The molecular weight excluding hydrogens is 348 g/mol. The number of benzene rings is 2. The van der Waals surface area contributed by atoms with Crippen LogP contribution < -0.4 is 14.8 Å². The Kier molecular flexibility index (Phi) is 4.76. The molecule has 0 aromatic heterocycles. The molecule has 1 amide bonds. The van der Waals surface area contributed by atoms with Gasteiger partial charge < -0.3 is 14.8 Å². The number of aryl methyl sites for hydroxylation is 1. The van der Waals surface area contributed by atoms with Gasteiger partial charge in [-0.1, -0.05) is 11.6 Å². The number of hydrogen-bond donors (Lipinski definition) is 1. The molecular formula is C17H15ClN2O5. The molecule has 0 bridgehead atoms. The van der Waals surface area contributed by atoms with E-state index < -0.39 is 4.92 Å². The molecule has 8 heteroatoms. The molecule has 0 saturated carbocycles. The van der Waals surface area contributed by atoms with Crippen LogP contribution in [0.5, 0.6) is 11.5 Å². The summed E-state index contributed by atoms with van der Waals surface area (Å²) in [5.41, 5.74) is 1.81. The Hall–Kier alpha value is -2.80. The molecule has 0 fully saturated rings. The van der Waals surface area contributed by atoms with Gasteiger partial charge in [0.15, 0.2) is 11.5 Å². The number of anilines is 1. The zero-order chi connectivity index (χ0) is 18.0. The number of ether oxygens (including phenoxy) is 2. The summed E-state index contributed by atoms with van der Waals surface area (Å²) < 4.78 is 10.9. The average Bonchev–Trinajstić information content (AvgIpc) is 2.56. The van der Waals surface area contributed by atoms with Crippen LogP contribution in [0.1, 0.15) is 11.1 Å². The van der Waals surface area contributed by atoms with E-state index in [1.807, 2.05) is 0 Å². The summed E-state index contributed by atoms with van der Waals surface area (Å²) in [5, 5.41) is 13.9. The molecule has 0 spiro atoms. The van der Waals surface area contributed by atoms with Crippen molar-refractivity contribution in [1.82, 2.24) is 0 Å². The topological polar surface area (TPSA) is 90.7 Å². The molecule has 0 saturated heterocycles. The number of nitro groups is 1. The third-order valence-corrected chi connectivity index (χ3v) is 4.00. The number of amides is 1. The van der Waals surface area contributed by atoms with Crippen molar-refractivity contribution in [3.05, 3.63) is 56.6 Å². The number of hydrogen-bond acceptors (Lipinski definition) is 5. The zero-order valence-electron chi connectivity index (χ0n) is 13.4. The Balaban J connectivity index is 1.73. The molecule has 2 aromatic carbocycles. The maximum absolute atomic E-state index is 12.3. The van der Waals surface area contributed by atoms with Gasteiger partial charge in [0.05, 0.1) is 16.4 Å². The predicted molar refractivity (Wildman–Crippen MR) is 92.6 cm³/mol. The first-order valence-electron chi connectivity index (χ1n) is 7.57. The molecule has 1 aliphatic rings. The Morgan fingerprint density at radius 3 is 2.76 bits per heavy atom. The van der Waals surface area contributed by atoms with Crippen molar-refractivity contribution < 1.29 is 19.2 Å². The molecule has 1 aliphatic heterocycles. The number of carbonyl (C=O) groups excluding carboxylic acids is 1. The number of halogens is 1. The standard InChI is InChI=1S/C17H15ClN2O5/c1-10-6-12(20(22)23)2-3-14(10)19-16(21)9-11-7-13(18)17-15(8-11)24-4-5-25-17/h2-3,6-8H,4-5,9H2,1H3,(H,19,21). The molecule has 0 unspecified atom stereocenters. The smallest absolute Gasteiger partial charge is 0.269 e. The molecule has 3 rings (SSSR count). The van der Waals surface area contributed by atoms with E-state index in [1.54, 1.807) is 19.1 Å². The second-order valence-electron chi connectivity index (χ2n) is 5.58. The second-order valence-corrected chi connectivity index (χ2v) is 5.99. The van der Waals surface area contributed by atoms with Crippen molar-refractivity contribution in [3.63, 3.8) is 0 Å². The van der Waals surface area contributed by atoms with Gasteiger partial charge in [-0.05, 0) is 36.2 Å². The number of fused-ring (bicyclic) bond motifs is 1. The lowest BCUT2D eigenvalue weighted by Crippen LogP contribution is -2.17. The van der Waals surface area contributed by atoms with Gasteiger partial charge in [-0.3, -0.25) is 14.9 Å². The highest BCUT2D eigenvalue weighted by Crippen LogP contribution is 2.38. The van der Waals surface area contributed by atoms with Gasteiger partial charge in [0, 0.05) is 17.8 Å². The van der Waals surface area contributed by atoms with E-state index in [2.05, 4.69) is 5.32 Å². The van der Waals surface area contributed by atoms with Gasteiger partial charge in [0.25, 0.3) is 5.69 Å². The molecule has 2 aromatic rings. The maximum Gasteiger partial charge on any atom is 0.269 e. The maximum atomic E-state index is 12.3. The molecule has 1 N–H and O–H groups in total. The lowest BCUT2D eigenvalue weighted by molar-refractivity contribution is -0.384. The minimum atomic E-state index is -0.476. The first-order chi connectivity index (χ1) is 11.9. The average molecular weight is 363 g/mol. The van der Waals surface area contributed by atoms with Crippen LogP contribution in [-0.4, -0.2) is 24.0 Å². The quantitative estimate of drug-likeness (QED) is 0.664. The summed E-state index contributed by atoms with van der Waals surface area (Å²) in [7, 11) is 0. The molecule has 130 valence electrons. The largest absolute Gasteiger partial charge is 0.486 e. The summed E-state index contributed by atoms with van der Waals surface area (Å²) in [5.74, 6) is 0.751. The van der Waals surface area contributed by atoms with Gasteiger partial charge in [-0.25, -0.2) is 0 Å². The Labute approximate surface area is 148 Å². The van der Waals surface area contributed by atoms with E-state index in [9.17, 15) is 14.9 Å².